The molecule has 0 aliphatic heterocycles. The number of carbonyl (C=O) groups is 1. The van der Waals surface area contributed by atoms with Gasteiger partial charge in [-0.2, -0.15) is 5.10 Å². The van der Waals surface area contributed by atoms with Gasteiger partial charge in [-0.25, -0.2) is 0 Å². The van der Waals surface area contributed by atoms with Crippen molar-refractivity contribution >= 4 is 23.2 Å². The first-order valence-electron chi connectivity index (χ1n) is 9.70. The number of aromatic nitrogens is 2. The number of rotatable bonds is 9. The van der Waals surface area contributed by atoms with E-state index in [0.717, 1.165) is 17.0 Å². The van der Waals surface area contributed by atoms with Crippen LogP contribution in [0.4, 0.5) is 5.69 Å². The first kappa shape index (κ1) is 22.4. The quantitative estimate of drug-likeness (QED) is 0.297. The second-order valence-electron chi connectivity index (χ2n) is 7.10. The maximum atomic E-state index is 12.3. The number of ether oxygens (including phenoxy) is 1. The minimum absolute atomic E-state index is 0.0319. The second kappa shape index (κ2) is 9.65. The Kier molecular flexibility index (Phi) is 6.96. The molecule has 3 rings (SSSR count). The lowest BCUT2D eigenvalue weighted by Gasteiger charge is -2.06. The summed E-state index contributed by atoms with van der Waals surface area (Å²) in [5.74, 6) is 0.324. The summed E-state index contributed by atoms with van der Waals surface area (Å²) in [7, 11) is 0. The average molecular weight is 447 g/mol. The molecule has 1 amide bonds. The van der Waals surface area contributed by atoms with Crippen LogP contribution in [-0.4, -0.2) is 27.2 Å². The molecule has 0 atom stereocenters. The van der Waals surface area contributed by atoms with Gasteiger partial charge in [-0.05, 0) is 51.0 Å². The number of hydrogen-bond donors (Lipinski definition) is 1. The molecule has 0 bridgehead atoms. The molecule has 2 aromatic heterocycles. The van der Waals surface area contributed by atoms with Gasteiger partial charge in [0, 0.05) is 19.2 Å². The number of nitrogens with zero attached hydrogens (tertiary/aromatic N) is 3. The third-order valence-electron chi connectivity index (χ3n) is 4.69. The van der Waals surface area contributed by atoms with Crippen molar-refractivity contribution in [1.29, 1.82) is 0 Å². The minimum Gasteiger partial charge on any atom is -0.479 e. The number of nitrogens with one attached hydrogen (secondary N) is 1. The number of nitro benzene ring substituents is 1. The van der Waals surface area contributed by atoms with Crippen molar-refractivity contribution in [1.82, 2.24) is 15.1 Å². The van der Waals surface area contributed by atoms with E-state index in [1.54, 1.807) is 31.2 Å². The van der Waals surface area contributed by atoms with E-state index in [-0.39, 0.29) is 29.7 Å². The maximum absolute atomic E-state index is 12.3. The zero-order chi connectivity index (χ0) is 22.5. The monoisotopic (exact) mass is 446 g/mol. The SMILES string of the molecule is Cc1ccc(OCc2ccc(C(=O)NCCCn3nc(C)c(Cl)c3C)o2)c([N+](=O)[O-])c1. The molecule has 9 nitrogen and oxygen atoms in total. The van der Waals surface area contributed by atoms with E-state index in [0.29, 0.717) is 30.3 Å². The van der Waals surface area contributed by atoms with E-state index in [2.05, 4.69) is 10.4 Å². The fraction of sp³-hybridized carbons (Fsp3) is 0.333. The van der Waals surface area contributed by atoms with E-state index >= 15 is 0 Å². The van der Waals surface area contributed by atoms with Gasteiger partial charge in [-0.1, -0.05) is 17.7 Å². The average Bonchev–Trinajstić information content (AvgIpc) is 3.31. The molecule has 0 aliphatic carbocycles. The van der Waals surface area contributed by atoms with Gasteiger partial charge in [0.15, 0.2) is 11.5 Å². The van der Waals surface area contributed by atoms with E-state index in [9.17, 15) is 14.9 Å². The zero-order valence-electron chi connectivity index (χ0n) is 17.5. The first-order valence-corrected chi connectivity index (χ1v) is 10.1. The molecule has 0 spiro atoms. The largest absolute Gasteiger partial charge is 0.479 e. The van der Waals surface area contributed by atoms with Crippen molar-refractivity contribution < 1.29 is 18.9 Å². The molecule has 0 radical (unpaired) electrons. The first-order chi connectivity index (χ1) is 14.8. The van der Waals surface area contributed by atoms with Gasteiger partial charge < -0.3 is 14.5 Å². The van der Waals surface area contributed by atoms with Crippen LogP contribution in [-0.2, 0) is 13.2 Å². The van der Waals surface area contributed by atoms with Gasteiger partial charge in [-0.15, -0.1) is 0 Å². The lowest BCUT2D eigenvalue weighted by atomic mass is 10.2. The van der Waals surface area contributed by atoms with E-state index in [4.69, 9.17) is 20.8 Å². The normalized spacial score (nSPS) is 10.8. The standard InChI is InChI=1S/C21H23ClN4O5/c1-13-5-7-18(17(11-13)26(28)29)30-12-16-6-8-19(31-16)21(27)23-9-4-10-25-15(3)20(22)14(2)24-25/h5-8,11H,4,9-10,12H2,1-3H3,(H,23,27). The highest BCUT2D eigenvalue weighted by molar-refractivity contribution is 6.31. The second-order valence-corrected chi connectivity index (χ2v) is 7.48. The number of hydrogen-bond acceptors (Lipinski definition) is 6. The molecule has 3 aromatic rings. The van der Waals surface area contributed by atoms with Gasteiger partial charge in [0.1, 0.15) is 12.4 Å². The van der Waals surface area contributed by atoms with Gasteiger partial charge in [0.25, 0.3) is 5.91 Å². The highest BCUT2D eigenvalue weighted by atomic mass is 35.5. The Balaban J connectivity index is 1.49. The predicted molar refractivity (Wildman–Crippen MR) is 115 cm³/mol. The number of benzene rings is 1. The summed E-state index contributed by atoms with van der Waals surface area (Å²) in [5.41, 5.74) is 2.32. The van der Waals surface area contributed by atoms with Crippen LogP contribution in [0, 0.1) is 30.9 Å². The zero-order valence-corrected chi connectivity index (χ0v) is 18.2. The molecule has 0 aliphatic rings. The third kappa shape index (κ3) is 5.43. The number of halogens is 1. The van der Waals surface area contributed by atoms with Crippen LogP contribution in [0.3, 0.4) is 0 Å². The van der Waals surface area contributed by atoms with E-state index in [1.165, 1.54) is 6.07 Å². The lowest BCUT2D eigenvalue weighted by Crippen LogP contribution is -2.25. The number of amides is 1. The summed E-state index contributed by atoms with van der Waals surface area (Å²) in [4.78, 5) is 22.9. The van der Waals surface area contributed by atoms with Crippen LogP contribution in [0.15, 0.2) is 34.7 Å². The molecule has 10 heteroatoms. The Labute approximate surface area is 184 Å². The molecule has 1 N–H and O–H groups in total. The summed E-state index contributed by atoms with van der Waals surface area (Å²) >= 11 is 6.13. The number of carbonyl (C=O) groups excluding carboxylic acids is 1. The molecular weight excluding hydrogens is 424 g/mol. The molecule has 0 unspecified atom stereocenters. The third-order valence-corrected chi connectivity index (χ3v) is 5.24. The topological polar surface area (TPSA) is 112 Å². The summed E-state index contributed by atoms with van der Waals surface area (Å²) in [6.07, 6.45) is 0.678. The Morgan fingerprint density at radius 2 is 2.06 bits per heavy atom. The van der Waals surface area contributed by atoms with Crippen LogP contribution in [0.1, 0.15) is 39.7 Å². The molecule has 1 aromatic carbocycles. The van der Waals surface area contributed by atoms with Gasteiger partial charge in [-0.3, -0.25) is 19.6 Å². The van der Waals surface area contributed by atoms with Crippen molar-refractivity contribution in [3.63, 3.8) is 0 Å². The molecule has 0 saturated heterocycles. The minimum atomic E-state index is -0.497. The summed E-state index contributed by atoms with van der Waals surface area (Å²) < 4.78 is 12.8. The Morgan fingerprint density at radius 1 is 1.29 bits per heavy atom. The van der Waals surface area contributed by atoms with Crippen LogP contribution in [0.5, 0.6) is 5.75 Å². The highest BCUT2D eigenvalue weighted by Crippen LogP contribution is 2.28. The number of aryl methyl sites for hydroxylation is 3. The molecule has 31 heavy (non-hydrogen) atoms. The van der Waals surface area contributed by atoms with Crippen LogP contribution in [0.25, 0.3) is 0 Å². The molecule has 0 saturated carbocycles. The summed E-state index contributed by atoms with van der Waals surface area (Å²) in [6, 6.07) is 7.85. The van der Waals surface area contributed by atoms with Crippen molar-refractivity contribution in [2.45, 2.75) is 40.3 Å². The van der Waals surface area contributed by atoms with Gasteiger partial charge in [0.2, 0.25) is 0 Å². The van der Waals surface area contributed by atoms with Crippen molar-refractivity contribution in [2.24, 2.45) is 0 Å². The predicted octanol–water partition coefficient (Wildman–Crippen LogP) is 4.36. The molecule has 2 heterocycles. The Hall–Kier alpha value is -3.33. The van der Waals surface area contributed by atoms with Crippen molar-refractivity contribution in [3.8, 4) is 5.75 Å². The highest BCUT2D eigenvalue weighted by Gasteiger charge is 2.17. The van der Waals surface area contributed by atoms with Crippen LogP contribution >= 0.6 is 11.6 Å². The van der Waals surface area contributed by atoms with E-state index < -0.39 is 4.92 Å². The fourth-order valence-electron chi connectivity index (χ4n) is 3.03. The van der Waals surface area contributed by atoms with Gasteiger partial charge in [0.05, 0.1) is 21.3 Å². The number of nitro groups is 1. The maximum Gasteiger partial charge on any atom is 0.311 e. The summed E-state index contributed by atoms with van der Waals surface area (Å²) in [5, 5.41) is 19.0. The lowest BCUT2D eigenvalue weighted by molar-refractivity contribution is -0.386. The number of furan rings is 1. The van der Waals surface area contributed by atoms with Crippen LogP contribution in [0.2, 0.25) is 5.02 Å². The fourth-order valence-corrected chi connectivity index (χ4v) is 3.16. The Morgan fingerprint density at radius 3 is 2.74 bits per heavy atom. The van der Waals surface area contributed by atoms with Crippen molar-refractivity contribution in [3.05, 3.63) is 73.9 Å². The molecule has 164 valence electrons. The molecule has 0 fully saturated rings. The Bertz CT molecular complexity index is 1110. The summed E-state index contributed by atoms with van der Waals surface area (Å²) in [6.45, 7) is 6.56. The van der Waals surface area contributed by atoms with Crippen molar-refractivity contribution in [2.75, 3.05) is 6.54 Å². The smallest absolute Gasteiger partial charge is 0.311 e. The van der Waals surface area contributed by atoms with Crippen LogP contribution < -0.4 is 10.1 Å². The molecular formula is C21H23ClN4O5. The van der Waals surface area contributed by atoms with Gasteiger partial charge >= 0.3 is 5.69 Å². The van der Waals surface area contributed by atoms with E-state index in [1.807, 2.05) is 18.5 Å².